The summed E-state index contributed by atoms with van der Waals surface area (Å²) in [6, 6.07) is 4.29. The third kappa shape index (κ3) is 2.50. The number of carbonyl (C=O) groups is 2. The first-order valence-corrected chi connectivity index (χ1v) is 7.48. The molecule has 1 heterocycles. The fourth-order valence-electron chi connectivity index (χ4n) is 3.17. The van der Waals surface area contributed by atoms with Gasteiger partial charge in [-0.05, 0) is 31.0 Å². The van der Waals surface area contributed by atoms with Crippen molar-refractivity contribution in [2.45, 2.75) is 37.6 Å². The molecule has 1 aromatic rings. The summed E-state index contributed by atoms with van der Waals surface area (Å²) in [7, 11) is 0. The second kappa shape index (κ2) is 5.30. The number of carbonyl (C=O) groups excluding carboxylic acids is 2. The summed E-state index contributed by atoms with van der Waals surface area (Å²) in [5.41, 5.74) is -0.367. The third-order valence-electron chi connectivity index (χ3n) is 4.27. The molecule has 1 N–H and O–H groups in total. The van der Waals surface area contributed by atoms with Gasteiger partial charge in [0.1, 0.15) is 11.4 Å². The lowest BCUT2D eigenvalue weighted by atomic mass is 9.95. The second-order valence-electron chi connectivity index (χ2n) is 5.64. The van der Waals surface area contributed by atoms with Crippen LogP contribution in [0.2, 0.25) is 5.02 Å². The summed E-state index contributed by atoms with van der Waals surface area (Å²) < 4.78 is 13.7. The molecule has 21 heavy (non-hydrogen) atoms. The average Bonchev–Trinajstić information content (AvgIpc) is 2.87. The van der Waals surface area contributed by atoms with Crippen molar-refractivity contribution >= 4 is 29.1 Å². The maximum Gasteiger partial charge on any atom is 0.252 e. The maximum atomic E-state index is 13.7. The van der Waals surface area contributed by atoms with Crippen molar-refractivity contribution in [3.05, 3.63) is 29.0 Å². The van der Waals surface area contributed by atoms with Crippen LogP contribution < -0.4 is 10.2 Å². The van der Waals surface area contributed by atoms with E-state index in [-0.39, 0.29) is 29.8 Å². The van der Waals surface area contributed by atoms with Crippen LogP contribution in [0.1, 0.15) is 32.1 Å². The molecular formula is C15H16ClFN2O2. The Balaban J connectivity index is 1.98. The lowest BCUT2D eigenvalue weighted by Gasteiger charge is -2.31. The number of amides is 2. The average molecular weight is 311 g/mol. The molecule has 4 nitrogen and oxygen atoms in total. The molecule has 1 saturated heterocycles. The fraction of sp³-hybridized carbons (Fsp3) is 0.467. The maximum absolute atomic E-state index is 13.7. The zero-order chi connectivity index (χ0) is 15.0. The topological polar surface area (TPSA) is 49.4 Å². The molecule has 0 unspecified atom stereocenters. The van der Waals surface area contributed by atoms with Crippen molar-refractivity contribution in [2.75, 3.05) is 11.4 Å². The van der Waals surface area contributed by atoms with Gasteiger partial charge in [0.05, 0.1) is 5.02 Å². The van der Waals surface area contributed by atoms with E-state index < -0.39 is 11.4 Å². The number of nitrogens with zero attached hydrogens (tertiary/aromatic N) is 1. The minimum Gasteiger partial charge on any atom is -0.342 e. The van der Waals surface area contributed by atoms with E-state index in [1.54, 1.807) is 6.07 Å². The first-order chi connectivity index (χ1) is 10.0. The second-order valence-corrected chi connectivity index (χ2v) is 6.05. The van der Waals surface area contributed by atoms with Gasteiger partial charge in [0, 0.05) is 18.7 Å². The standard InChI is InChI=1S/C15H16ClFN2O2/c16-11-4-3-10(9-12(11)17)19-8-5-13(20)18-15(14(19)21)6-1-2-7-15/h3-4,9H,1-2,5-8H2,(H,18,20). The predicted molar refractivity (Wildman–Crippen MR) is 77.7 cm³/mol. The molecule has 0 atom stereocenters. The van der Waals surface area contributed by atoms with Crippen molar-refractivity contribution in [2.24, 2.45) is 0 Å². The van der Waals surface area contributed by atoms with Gasteiger partial charge in [-0.2, -0.15) is 0 Å². The van der Waals surface area contributed by atoms with Gasteiger partial charge in [-0.25, -0.2) is 4.39 Å². The normalized spacial score (nSPS) is 21.5. The first kappa shape index (κ1) is 14.3. The highest BCUT2D eigenvalue weighted by atomic mass is 35.5. The smallest absolute Gasteiger partial charge is 0.252 e. The van der Waals surface area contributed by atoms with Crippen molar-refractivity contribution < 1.29 is 14.0 Å². The lowest BCUT2D eigenvalue weighted by Crippen LogP contribution is -2.55. The number of anilines is 1. The van der Waals surface area contributed by atoms with E-state index in [2.05, 4.69) is 5.32 Å². The Bertz CT molecular complexity index is 599. The van der Waals surface area contributed by atoms with E-state index in [0.717, 1.165) is 12.8 Å². The van der Waals surface area contributed by atoms with Gasteiger partial charge in [0.2, 0.25) is 5.91 Å². The third-order valence-corrected chi connectivity index (χ3v) is 4.57. The summed E-state index contributed by atoms with van der Waals surface area (Å²) >= 11 is 5.69. The molecular weight excluding hydrogens is 295 g/mol. The zero-order valence-corrected chi connectivity index (χ0v) is 12.3. The molecule has 2 amide bonds. The van der Waals surface area contributed by atoms with E-state index in [1.165, 1.54) is 17.0 Å². The van der Waals surface area contributed by atoms with E-state index in [0.29, 0.717) is 18.5 Å². The molecule has 1 aromatic carbocycles. The summed E-state index contributed by atoms with van der Waals surface area (Å²) in [5.74, 6) is -0.833. The SMILES string of the molecule is O=C1CCN(c2ccc(Cl)c(F)c2)C(=O)C2(CCCC2)N1. The van der Waals surface area contributed by atoms with Gasteiger partial charge in [0.15, 0.2) is 0 Å². The molecule has 1 aliphatic heterocycles. The highest BCUT2D eigenvalue weighted by molar-refractivity contribution is 6.30. The van der Waals surface area contributed by atoms with E-state index in [1.807, 2.05) is 0 Å². The molecule has 0 aromatic heterocycles. The van der Waals surface area contributed by atoms with Crippen molar-refractivity contribution in [1.29, 1.82) is 0 Å². The molecule has 6 heteroatoms. The van der Waals surface area contributed by atoms with Crippen LogP contribution in [-0.2, 0) is 9.59 Å². The zero-order valence-electron chi connectivity index (χ0n) is 11.5. The summed E-state index contributed by atoms with van der Waals surface area (Å²) in [6.07, 6.45) is 3.33. The number of rotatable bonds is 1. The van der Waals surface area contributed by atoms with E-state index in [9.17, 15) is 14.0 Å². The van der Waals surface area contributed by atoms with Gasteiger partial charge in [0.25, 0.3) is 5.91 Å². The van der Waals surface area contributed by atoms with E-state index >= 15 is 0 Å². The number of halogens is 2. The van der Waals surface area contributed by atoms with Crippen LogP contribution in [0.15, 0.2) is 18.2 Å². The number of hydrogen-bond donors (Lipinski definition) is 1. The van der Waals surface area contributed by atoms with E-state index in [4.69, 9.17) is 11.6 Å². The quantitative estimate of drug-likeness (QED) is 0.867. The van der Waals surface area contributed by atoms with Crippen LogP contribution in [0.25, 0.3) is 0 Å². The van der Waals surface area contributed by atoms with Crippen LogP contribution in [0, 0.1) is 5.82 Å². The summed E-state index contributed by atoms with van der Waals surface area (Å²) in [5, 5.41) is 2.90. The molecule has 0 radical (unpaired) electrons. The van der Waals surface area contributed by atoms with Gasteiger partial charge in [-0.15, -0.1) is 0 Å². The largest absolute Gasteiger partial charge is 0.342 e. The Kier molecular flexibility index (Phi) is 3.61. The Hall–Kier alpha value is -1.62. The minimum absolute atomic E-state index is 0.0193. The van der Waals surface area contributed by atoms with Crippen molar-refractivity contribution in [3.63, 3.8) is 0 Å². The molecule has 0 bridgehead atoms. The monoisotopic (exact) mass is 310 g/mol. The highest BCUT2D eigenvalue weighted by Gasteiger charge is 2.46. The van der Waals surface area contributed by atoms with Crippen LogP contribution in [-0.4, -0.2) is 23.9 Å². The molecule has 1 spiro atoms. The van der Waals surface area contributed by atoms with Gasteiger partial charge < -0.3 is 10.2 Å². The van der Waals surface area contributed by atoms with Crippen molar-refractivity contribution in [3.8, 4) is 0 Å². The van der Waals surface area contributed by atoms with Crippen LogP contribution in [0.4, 0.5) is 10.1 Å². The minimum atomic E-state index is -0.816. The van der Waals surface area contributed by atoms with Crippen LogP contribution in [0.3, 0.4) is 0 Å². The predicted octanol–water partition coefficient (Wildman–Crippen LogP) is 2.64. The van der Waals surface area contributed by atoms with Gasteiger partial charge >= 0.3 is 0 Å². The van der Waals surface area contributed by atoms with Crippen molar-refractivity contribution in [1.82, 2.24) is 5.32 Å². The molecule has 2 fully saturated rings. The molecule has 3 rings (SSSR count). The molecule has 112 valence electrons. The highest BCUT2D eigenvalue weighted by Crippen LogP contribution is 2.35. The summed E-state index contributed by atoms with van der Waals surface area (Å²) in [6.45, 7) is 0.257. The number of benzene rings is 1. The Labute approximate surface area is 127 Å². The number of hydrogen-bond acceptors (Lipinski definition) is 2. The Morgan fingerprint density at radius 3 is 2.62 bits per heavy atom. The van der Waals surface area contributed by atoms with Gasteiger partial charge in [-0.3, -0.25) is 9.59 Å². The van der Waals surface area contributed by atoms with Crippen LogP contribution in [0.5, 0.6) is 0 Å². The fourth-order valence-corrected chi connectivity index (χ4v) is 3.29. The first-order valence-electron chi connectivity index (χ1n) is 7.10. The molecule has 2 aliphatic rings. The Morgan fingerprint density at radius 2 is 1.95 bits per heavy atom. The molecule has 1 aliphatic carbocycles. The summed E-state index contributed by atoms with van der Waals surface area (Å²) in [4.78, 5) is 26.3. The van der Waals surface area contributed by atoms with Gasteiger partial charge in [-0.1, -0.05) is 24.4 Å². The number of nitrogens with one attached hydrogen (secondary N) is 1. The lowest BCUT2D eigenvalue weighted by molar-refractivity contribution is -0.129. The Morgan fingerprint density at radius 1 is 1.24 bits per heavy atom. The van der Waals surface area contributed by atoms with Crippen LogP contribution >= 0.6 is 11.6 Å². The molecule has 1 saturated carbocycles.